The van der Waals surface area contributed by atoms with E-state index in [1.807, 2.05) is 36.1 Å². The number of piperidine rings is 2. The van der Waals surface area contributed by atoms with Crippen molar-refractivity contribution in [2.45, 2.75) is 45.1 Å². The van der Waals surface area contributed by atoms with Gasteiger partial charge in [-0.3, -0.25) is 9.59 Å². The molecular formula is C20H27N3O2. The maximum atomic E-state index is 12.9. The number of carbonyl (C=O) groups is 2. The zero-order chi connectivity index (χ0) is 17.4. The lowest BCUT2D eigenvalue weighted by Crippen LogP contribution is -2.53. The fraction of sp³-hybridized carbons (Fsp3) is 0.600. The lowest BCUT2D eigenvalue weighted by Gasteiger charge is -2.33. The van der Waals surface area contributed by atoms with Crippen molar-refractivity contribution in [3.8, 4) is 0 Å². The maximum absolute atomic E-state index is 12.9. The normalized spacial score (nSPS) is 28.0. The summed E-state index contributed by atoms with van der Waals surface area (Å²) in [6.45, 7) is 4.78. The molecule has 134 valence electrons. The first-order valence-electron chi connectivity index (χ1n) is 9.48. The Morgan fingerprint density at radius 1 is 1.24 bits per heavy atom. The molecule has 1 aromatic rings. The van der Waals surface area contributed by atoms with Crippen LogP contribution in [0.5, 0.6) is 0 Å². The van der Waals surface area contributed by atoms with Gasteiger partial charge in [0.05, 0.1) is 0 Å². The molecule has 2 amide bonds. The first-order chi connectivity index (χ1) is 12.1. The van der Waals surface area contributed by atoms with E-state index in [1.165, 1.54) is 5.56 Å². The highest BCUT2D eigenvalue weighted by Gasteiger charge is 2.58. The molecule has 2 unspecified atom stereocenters. The van der Waals surface area contributed by atoms with Crippen molar-refractivity contribution in [3.05, 3.63) is 29.8 Å². The lowest BCUT2D eigenvalue weighted by atomic mass is 9.91. The third-order valence-electron chi connectivity index (χ3n) is 6.21. The average molecular weight is 341 g/mol. The number of amides is 2. The van der Waals surface area contributed by atoms with Crippen LogP contribution >= 0.6 is 0 Å². The molecule has 1 spiro atoms. The van der Waals surface area contributed by atoms with E-state index in [0.717, 1.165) is 57.4 Å². The number of rotatable bonds is 3. The highest BCUT2D eigenvalue weighted by molar-refractivity contribution is 6.00. The van der Waals surface area contributed by atoms with E-state index in [9.17, 15) is 9.59 Å². The number of benzene rings is 1. The van der Waals surface area contributed by atoms with Crippen molar-refractivity contribution < 1.29 is 9.59 Å². The minimum Gasteiger partial charge on any atom is -0.344 e. The van der Waals surface area contributed by atoms with Gasteiger partial charge in [0.2, 0.25) is 11.8 Å². The summed E-state index contributed by atoms with van der Waals surface area (Å²) in [4.78, 5) is 27.4. The molecule has 2 aliphatic heterocycles. The molecule has 2 N–H and O–H groups in total. The fourth-order valence-electron chi connectivity index (χ4n) is 4.46. The second kappa shape index (κ2) is 6.45. The fourth-order valence-corrected chi connectivity index (χ4v) is 4.46. The van der Waals surface area contributed by atoms with Gasteiger partial charge in [-0.15, -0.1) is 0 Å². The summed E-state index contributed by atoms with van der Waals surface area (Å²) in [6, 6.07) is 7.65. The summed E-state index contributed by atoms with van der Waals surface area (Å²) < 4.78 is 0. The van der Waals surface area contributed by atoms with Crippen LogP contribution in [0.1, 0.15) is 37.7 Å². The van der Waals surface area contributed by atoms with E-state index in [1.54, 1.807) is 0 Å². The minimum atomic E-state index is -0.373. The summed E-state index contributed by atoms with van der Waals surface area (Å²) in [6.07, 6.45) is 4.82. The van der Waals surface area contributed by atoms with Crippen LogP contribution in [0, 0.1) is 18.3 Å². The van der Waals surface area contributed by atoms with Gasteiger partial charge in [-0.25, -0.2) is 0 Å². The summed E-state index contributed by atoms with van der Waals surface area (Å²) in [7, 11) is 0. The summed E-state index contributed by atoms with van der Waals surface area (Å²) in [5.74, 6) is 0.228. The van der Waals surface area contributed by atoms with E-state index in [2.05, 4.69) is 10.6 Å². The van der Waals surface area contributed by atoms with Gasteiger partial charge in [0.15, 0.2) is 0 Å². The molecule has 0 bridgehead atoms. The first-order valence-corrected chi connectivity index (χ1v) is 9.48. The summed E-state index contributed by atoms with van der Waals surface area (Å²) in [5, 5.41) is 6.43. The van der Waals surface area contributed by atoms with E-state index in [0.29, 0.717) is 0 Å². The third-order valence-corrected chi connectivity index (χ3v) is 6.21. The van der Waals surface area contributed by atoms with Gasteiger partial charge in [-0.2, -0.15) is 0 Å². The number of anilines is 1. The number of nitrogens with one attached hydrogen (secondary N) is 2. The van der Waals surface area contributed by atoms with Crippen molar-refractivity contribution in [2.75, 3.05) is 24.5 Å². The smallest absolute Gasteiger partial charge is 0.249 e. The minimum absolute atomic E-state index is 0.0310. The van der Waals surface area contributed by atoms with Crippen LogP contribution < -0.4 is 15.5 Å². The quantitative estimate of drug-likeness (QED) is 0.884. The third kappa shape index (κ3) is 3.17. The predicted octanol–water partition coefficient (Wildman–Crippen LogP) is 2.00. The predicted molar refractivity (Wildman–Crippen MR) is 97.3 cm³/mol. The molecule has 0 radical (unpaired) electrons. The molecule has 1 saturated carbocycles. The number of nitrogens with zero attached hydrogens (tertiary/aromatic N) is 1. The second-order valence-corrected chi connectivity index (χ2v) is 7.90. The van der Waals surface area contributed by atoms with Crippen molar-refractivity contribution in [1.82, 2.24) is 10.6 Å². The largest absolute Gasteiger partial charge is 0.344 e. The average Bonchev–Trinajstić information content (AvgIpc) is 3.31. The lowest BCUT2D eigenvalue weighted by molar-refractivity contribution is -0.129. The zero-order valence-corrected chi connectivity index (χ0v) is 14.9. The molecule has 2 heterocycles. The van der Waals surface area contributed by atoms with Gasteiger partial charge in [0, 0.05) is 18.2 Å². The van der Waals surface area contributed by atoms with Gasteiger partial charge in [-0.05, 0) is 69.7 Å². The van der Waals surface area contributed by atoms with Crippen LogP contribution in [0.4, 0.5) is 5.69 Å². The molecule has 2 atom stereocenters. The molecule has 2 saturated heterocycles. The van der Waals surface area contributed by atoms with Gasteiger partial charge in [0.1, 0.15) is 6.04 Å². The Hall–Kier alpha value is -1.88. The Balaban J connectivity index is 1.40. The van der Waals surface area contributed by atoms with Gasteiger partial charge >= 0.3 is 0 Å². The van der Waals surface area contributed by atoms with Crippen LogP contribution in [-0.4, -0.2) is 37.5 Å². The van der Waals surface area contributed by atoms with Crippen LogP contribution in [0.3, 0.4) is 0 Å². The van der Waals surface area contributed by atoms with Crippen LogP contribution in [-0.2, 0) is 9.59 Å². The molecule has 1 aliphatic carbocycles. The van der Waals surface area contributed by atoms with Gasteiger partial charge < -0.3 is 15.5 Å². The van der Waals surface area contributed by atoms with E-state index < -0.39 is 0 Å². The van der Waals surface area contributed by atoms with E-state index in [4.69, 9.17) is 0 Å². The van der Waals surface area contributed by atoms with Crippen molar-refractivity contribution in [3.63, 3.8) is 0 Å². The number of carbonyl (C=O) groups excluding carboxylic acids is 2. The molecule has 5 heteroatoms. The van der Waals surface area contributed by atoms with Crippen molar-refractivity contribution in [1.29, 1.82) is 0 Å². The highest BCUT2D eigenvalue weighted by atomic mass is 16.2. The molecular weight excluding hydrogens is 314 g/mol. The SMILES string of the molecule is Cc1ccc(N2CCCC(NC(=O)C3CC34CCNCC4)C2=O)cc1. The molecule has 4 rings (SSSR count). The maximum Gasteiger partial charge on any atom is 0.249 e. The Bertz CT molecular complexity index is 664. The number of hydrogen-bond acceptors (Lipinski definition) is 3. The molecule has 0 aromatic heterocycles. The second-order valence-electron chi connectivity index (χ2n) is 7.90. The Morgan fingerprint density at radius 3 is 2.68 bits per heavy atom. The number of hydrogen-bond donors (Lipinski definition) is 2. The molecule has 3 aliphatic rings. The standard InChI is InChI=1S/C20H27N3O2/c1-14-4-6-15(7-5-14)23-12-2-3-17(19(23)25)22-18(24)16-13-20(16)8-10-21-11-9-20/h4-7,16-17,21H,2-3,8-13H2,1H3,(H,22,24). The zero-order valence-electron chi connectivity index (χ0n) is 14.9. The van der Waals surface area contributed by atoms with Gasteiger partial charge in [-0.1, -0.05) is 17.7 Å². The molecule has 5 nitrogen and oxygen atoms in total. The van der Waals surface area contributed by atoms with E-state index >= 15 is 0 Å². The molecule has 3 fully saturated rings. The highest BCUT2D eigenvalue weighted by Crippen LogP contribution is 2.58. The Kier molecular flexibility index (Phi) is 4.28. The van der Waals surface area contributed by atoms with Crippen LogP contribution in [0.2, 0.25) is 0 Å². The molecule has 25 heavy (non-hydrogen) atoms. The summed E-state index contributed by atoms with van der Waals surface area (Å²) in [5.41, 5.74) is 2.32. The van der Waals surface area contributed by atoms with Crippen molar-refractivity contribution in [2.24, 2.45) is 11.3 Å². The topological polar surface area (TPSA) is 61.4 Å². The first kappa shape index (κ1) is 16.6. The monoisotopic (exact) mass is 341 g/mol. The van der Waals surface area contributed by atoms with Crippen LogP contribution in [0.25, 0.3) is 0 Å². The Morgan fingerprint density at radius 2 is 1.96 bits per heavy atom. The van der Waals surface area contributed by atoms with E-state index in [-0.39, 0.29) is 29.2 Å². The van der Waals surface area contributed by atoms with Gasteiger partial charge in [0.25, 0.3) is 0 Å². The summed E-state index contributed by atoms with van der Waals surface area (Å²) >= 11 is 0. The van der Waals surface area contributed by atoms with Crippen LogP contribution in [0.15, 0.2) is 24.3 Å². The van der Waals surface area contributed by atoms with Crippen molar-refractivity contribution >= 4 is 17.5 Å². The Labute approximate surface area is 149 Å². The molecule has 1 aromatic carbocycles. The number of aryl methyl sites for hydroxylation is 1.